The van der Waals surface area contributed by atoms with Gasteiger partial charge in [0.1, 0.15) is 11.4 Å². The van der Waals surface area contributed by atoms with Crippen LogP contribution in [-0.4, -0.2) is 55.9 Å². The maximum absolute atomic E-state index is 13.5. The molecule has 2 heterocycles. The van der Waals surface area contributed by atoms with Crippen LogP contribution in [0.15, 0.2) is 30.3 Å². The average molecular weight is 473 g/mol. The Bertz CT molecular complexity index is 1100. The lowest BCUT2D eigenvalue weighted by Crippen LogP contribution is -2.52. The van der Waals surface area contributed by atoms with E-state index >= 15 is 0 Å². The first kappa shape index (κ1) is 23.1. The molecule has 1 fully saturated rings. The summed E-state index contributed by atoms with van der Waals surface area (Å²) in [4.78, 5) is 28.6. The lowest BCUT2D eigenvalue weighted by Gasteiger charge is -2.29. The van der Waals surface area contributed by atoms with Gasteiger partial charge in [0.05, 0.1) is 34.0 Å². The van der Waals surface area contributed by atoms with Gasteiger partial charge in [-0.3, -0.25) is 9.59 Å². The Morgan fingerprint density at radius 2 is 1.67 bits per heavy atom. The maximum Gasteiger partial charge on any atom is 0.260 e. The van der Waals surface area contributed by atoms with Gasteiger partial charge >= 0.3 is 0 Å². The Morgan fingerprint density at radius 1 is 1.00 bits per heavy atom. The summed E-state index contributed by atoms with van der Waals surface area (Å²) in [5.74, 6) is 1.66. The van der Waals surface area contributed by atoms with E-state index in [0.717, 1.165) is 11.1 Å². The highest BCUT2D eigenvalue weighted by Crippen LogP contribution is 2.58. The van der Waals surface area contributed by atoms with E-state index in [9.17, 15) is 9.59 Å². The van der Waals surface area contributed by atoms with E-state index < -0.39 is 10.8 Å². The second-order valence-electron chi connectivity index (χ2n) is 8.36. The normalized spacial score (nSPS) is 20.2. The number of ether oxygens (including phenoxy) is 4. The fourth-order valence-electron chi connectivity index (χ4n) is 4.53. The van der Waals surface area contributed by atoms with Crippen molar-refractivity contribution in [3.63, 3.8) is 0 Å². The highest BCUT2D eigenvalue weighted by atomic mass is 32.2. The van der Waals surface area contributed by atoms with E-state index in [4.69, 9.17) is 18.9 Å². The molecule has 2 aromatic rings. The second kappa shape index (κ2) is 8.70. The number of carbonyl (C=O) groups excluding carboxylic acids is 2. The molecule has 2 amide bonds. The van der Waals surface area contributed by atoms with Crippen LogP contribution in [0.2, 0.25) is 0 Å². The average Bonchev–Trinajstić information content (AvgIpc) is 3.25. The van der Waals surface area contributed by atoms with Gasteiger partial charge in [-0.1, -0.05) is 12.1 Å². The zero-order valence-electron chi connectivity index (χ0n) is 19.6. The summed E-state index contributed by atoms with van der Waals surface area (Å²) >= 11 is 1.60. The van der Waals surface area contributed by atoms with Gasteiger partial charge in [-0.25, -0.2) is 0 Å². The summed E-state index contributed by atoms with van der Waals surface area (Å²) in [5.41, 5.74) is 2.16. The molecule has 1 N–H and O–H groups in total. The number of rotatable bonds is 7. The molecule has 2 aliphatic rings. The van der Waals surface area contributed by atoms with E-state index in [1.807, 2.05) is 32.0 Å². The summed E-state index contributed by atoms with van der Waals surface area (Å²) in [7, 11) is 6.19. The van der Waals surface area contributed by atoms with E-state index in [0.29, 0.717) is 35.1 Å². The molecule has 1 saturated heterocycles. The predicted octanol–water partition coefficient (Wildman–Crippen LogP) is 3.39. The monoisotopic (exact) mass is 472 g/mol. The Labute approximate surface area is 197 Å². The van der Waals surface area contributed by atoms with Crippen molar-refractivity contribution >= 4 is 23.6 Å². The number of benzene rings is 2. The number of thioether (sulfide) groups is 1. The van der Waals surface area contributed by atoms with Crippen LogP contribution in [0.25, 0.3) is 0 Å². The molecule has 8 nitrogen and oxygen atoms in total. The van der Waals surface area contributed by atoms with E-state index in [1.165, 1.54) is 14.2 Å². The summed E-state index contributed by atoms with van der Waals surface area (Å²) in [6.45, 7) is 4.28. The van der Waals surface area contributed by atoms with Crippen molar-refractivity contribution in [2.24, 2.45) is 0 Å². The highest BCUT2D eigenvalue weighted by molar-refractivity contribution is 8.01. The van der Waals surface area contributed by atoms with Crippen LogP contribution in [0.4, 0.5) is 0 Å². The number of amides is 2. The molecule has 9 heteroatoms. The molecule has 2 atom stereocenters. The molecule has 2 aromatic carbocycles. The molecule has 176 valence electrons. The van der Waals surface area contributed by atoms with Crippen molar-refractivity contribution in [2.45, 2.75) is 36.6 Å². The van der Waals surface area contributed by atoms with Crippen LogP contribution in [0.3, 0.4) is 0 Å². The van der Waals surface area contributed by atoms with Crippen LogP contribution in [0, 0.1) is 0 Å². The number of hydrogen-bond donors (Lipinski definition) is 1. The number of fused-ring (bicyclic) bond motifs is 3. The summed E-state index contributed by atoms with van der Waals surface area (Å²) < 4.78 is 21.0. The largest absolute Gasteiger partial charge is 0.493 e. The van der Waals surface area contributed by atoms with Gasteiger partial charge in [-0.05, 0) is 37.6 Å². The molecule has 2 unspecified atom stereocenters. The number of nitrogens with zero attached hydrogens (tertiary/aromatic N) is 1. The third-order valence-corrected chi connectivity index (χ3v) is 7.60. The smallest absolute Gasteiger partial charge is 0.260 e. The third-order valence-electron chi connectivity index (χ3n) is 6.06. The molecule has 0 radical (unpaired) electrons. The zero-order chi connectivity index (χ0) is 23.9. The van der Waals surface area contributed by atoms with Crippen LogP contribution in [0.5, 0.6) is 23.0 Å². The van der Waals surface area contributed by atoms with Crippen LogP contribution < -0.4 is 24.3 Å². The SMILES string of the molecule is COc1ccc(CNC(=O)C2N3C(=O)c4c(ccc(OC)c4OC)C3SC2(C)C)cc1OC. The van der Waals surface area contributed by atoms with Gasteiger partial charge < -0.3 is 29.2 Å². The van der Waals surface area contributed by atoms with Crippen molar-refractivity contribution in [3.8, 4) is 23.0 Å². The number of hydrogen-bond acceptors (Lipinski definition) is 7. The number of carbonyl (C=O) groups is 2. The predicted molar refractivity (Wildman–Crippen MR) is 125 cm³/mol. The molecule has 0 aliphatic carbocycles. The van der Waals surface area contributed by atoms with Crippen LogP contribution in [0.1, 0.15) is 40.7 Å². The molecule has 2 aliphatic heterocycles. The molecular formula is C24H28N2O6S. The van der Waals surface area contributed by atoms with E-state index in [-0.39, 0.29) is 17.2 Å². The standard InChI is InChI=1S/C24H28N2O6S/c1-24(2)20(21(27)25-12-13-7-9-15(29-3)17(11-13)31-5)26-22(28)18-14(23(26)33-24)8-10-16(30-4)19(18)32-6/h7-11,20,23H,12H2,1-6H3,(H,25,27). The van der Waals surface area contributed by atoms with E-state index in [1.54, 1.807) is 43.0 Å². The summed E-state index contributed by atoms with van der Waals surface area (Å²) in [6, 6.07) is 8.52. The Kier molecular flexibility index (Phi) is 6.09. The number of methoxy groups -OCH3 is 4. The summed E-state index contributed by atoms with van der Waals surface area (Å²) in [6.07, 6.45) is 0. The zero-order valence-corrected chi connectivity index (χ0v) is 20.4. The molecule has 0 aromatic heterocycles. The van der Waals surface area contributed by atoms with Gasteiger partial charge in [0, 0.05) is 16.9 Å². The first-order valence-corrected chi connectivity index (χ1v) is 11.4. The van der Waals surface area contributed by atoms with Gasteiger partial charge in [-0.15, -0.1) is 11.8 Å². The van der Waals surface area contributed by atoms with Gasteiger partial charge in [0.15, 0.2) is 23.0 Å². The molecule has 0 spiro atoms. The van der Waals surface area contributed by atoms with E-state index in [2.05, 4.69) is 5.32 Å². The highest BCUT2D eigenvalue weighted by Gasteiger charge is 2.58. The van der Waals surface area contributed by atoms with Crippen molar-refractivity contribution in [1.82, 2.24) is 10.2 Å². The van der Waals surface area contributed by atoms with Crippen molar-refractivity contribution in [3.05, 3.63) is 47.0 Å². The first-order chi connectivity index (χ1) is 15.8. The topological polar surface area (TPSA) is 86.3 Å². The fraction of sp³-hybridized carbons (Fsp3) is 0.417. The van der Waals surface area contributed by atoms with Crippen molar-refractivity contribution in [1.29, 1.82) is 0 Å². The molecule has 0 bridgehead atoms. The van der Waals surface area contributed by atoms with Gasteiger partial charge in [-0.2, -0.15) is 0 Å². The third kappa shape index (κ3) is 3.74. The van der Waals surface area contributed by atoms with Crippen molar-refractivity contribution in [2.75, 3.05) is 28.4 Å². The summed E-state index contributed by atoms with van der Waals surface area (Å²) in [5, 5.41) is 2.73. The van der Waals surface area contributed by atoms with Gasteiger partial charge in [0.2, 0.25) is 5.91 Å². The Balaban J connectivity index is 1.59. The minimum Gasteiger partial charge on any atom is -0.493 e. The van der Waals surface area contributed by atoms with Gasteiger partial charge in [0.25, 0.3) is 5.91 Å². The van der Waals surface area contributed by atoms with Crippen molar-refractivity contribution < 1.29 is 28.5 Å². The number of nitrogens with one attached hydrogen (secondary N) is 1. The van der Waals surface area contributed by atoms with Crippen LogP contribution in [-0.2, 0) is 11.3 Å². The quantitative estimate of drug-likeness (QED) is 0.661. The lowest BCUT2D eigenvalue weighted by atomic mass is 10.0. The minimum absolute atomic E-state index is 0.211. The maximum atomic E-state index is 13.5. The fourth-order valence-corrected chi connectivity index (χ4v) is 6.11. The first-order valence-electron chi connectivity index (χ1n) is 10.5. The Hall–Kier alpha value is -3.07. The molecular weight excluding hydrogens is 444 g/mol. The Morgan fingerprint density at radius 3 is 2.30 bits per heavy atom. The lowest BCUT2D eigenvalue weighted by molar-refractivity contribution is -0.126. The molecule has 4 rings (SSSR count). The second-order valence-corrected chi connectivity index (χ2v) is 10.1. The minimum atomic E-state index is -0.650. The molecule has 0 saturated carbocycles. The van der Waals surface area contributed by atoms with Crippen LogP contribution >= 0.6 is 11.8 Å². The molecule has 33 heavy (non-hydrogen) atoms.